The number of aliphatic hydroxyl groups is 1. The van der Waals surface area contributed by atoms with Crippen molar-refractivity contribution in [1.29, 1.82) is 0 Å². The molecule has 20 heavy (non-hydrogen) atoms. The molecule has 4 nitrogen and oxygen atoms in total. The molecule has 0 aromatic carbocycles. The van der Waals surface area contributed by atoms with Gasteiger partial charge >= 0.3 is 0 Å². The SMILES string of the molecule is CCN(CC)C(=O)c1ccc(C(O)C(N)CC(C)C)s1. The third kappa shape index (κ3) is 4.30. The van der Waals surface area contributed by atoms with Crippen LogP contribution < -0.4 is 5.73 Å². The van der Waals surface area contributed by atoms with Crippen LogP contribution in [-0.4, -0.2) is 35.0 Å². The van der Waals surface area contributed by atoms with Crippen LogP contribution in [0.25, 0.3) is 0 Å². The molecule has 1 aromatic rings. The fourth-order valence-electron chi connectivity index (χ4n) is 2.18. The molecule has 3 N–H and O–H groups in total. The topological polar surface area (TPSA) is 66.6 Å². The molecule has 0 radical (unpaired) electrons. The average Bonchev–Trinajstić information content (AvgIpc) is 2.87. The summed E-state index contributed by atoms with van der Waals surface area (Å²) in [6.45, 7) is 9.47. The summed E-state index contributed by atoms with van der Waals surface area (Å²) in [5.74, 6) is 0.465. The van der Waals surface area contributed by atoms with E-state index in [0.717, 1.165) is 11.3 Å². The molecule has 2 atom stereocenters. The lowest BCUT2D eigenvalue weighted by molar-refractivity contribution is 0.0778. The molecule has 0 spiro atoms. The first-order valence-corrected chi connectivity index (χ1v) is 8.04. The van der Waals surface area contributed by atoms with Gasteiger partial charge in [-0.1, -0.05) is 13.8 Å². The van der Waals surface area contributed by atoms with E-state index in [1.165, 1.54) is 11.3 Å². The van der Waals surface area contributed by atoms with Crippen LogP contribution in [0.4, 0.5) is 0 Å². The molecular formula is C15H26N2O2S. The van der Waals surface area contributed by atoms with Crippen molar-refractivity contribution in [3.05, 3.63) is 21.9 Å². The van der Waals surface area contributed by atoms with E-state index in [0.29, 0.717) is 23.9 Å². The maximum Gasteiger partial charge on any atom is 0.263 e. The van der Waals surface area contributed by atoms with E-state index in [1.54, 1.807) is 11.0 Å². The molecule has 0 saturated heterocycles. The molecule has 0 aliphatic carbocycles. The quantitative estimate of drug-likeness (QED) is 0.813. The number of carbonyl (C=O) groups is 1. The maximum absolute atomic E-state index is 12.2. The predicted octanol–water partition coefficient (Wildman–Crippen LogP) is 2.64. The first-order chi connectivity index (χ1) is 9.40. The van der Waals surface area contributed by atoms with Gasteiger partial charge in [-0.15, -0.1) is 11.3 Å². The van der Waals surface area contributed by atoms with Crippen molar-refractivity contribution in [3.8, 4) is 0 Å². The third-order valence-electron chi connectivity index (χ3n) is 3.33. The van der Waals surface area contributed by atoms with E-state index in [1.807, 2.05) is 19.9 Å². The van der Waals surface area contributed by atoms with Crippen LogP contribution in [0.5, 0.6) is 0 Å². The van der Waals surface area contributed by atoms with Crippen LogP contribution >= 0.6 is 11.3 Å². The minimum atomic E-state index is -0.694. The number of rotatable bonds is 7. The van der Waals surface area contributed by atoms with Gasteiger partial charge < -0.3 is 15.7 Å². The highest BCUT2D eigenvalue weighted by molar-refractivity contribution is 7.14. The highest BCUT2D eigenvalue weighted by Gasteiger charge is 2.22. The third-order valence-corrected chi connectivity index (χ3v) is 4.47. The van der Waals surface area contributed by atoms with Gasteiger partial charge in [-0.3, -0.25) is 4.79 Å². The van der Waals surface area contributed by atoms with Crippen molar-refractivity contribution in [3.63, 3.8) is 0 Å². The van der Waals surface area contributed by atoms with Crippen LogP contribution in [0.3, 0.4) is 0 Å². The molecule has 0 aliphatic rings. The van der Waals surface area contributed by atoms with E-state index in [-0.39, 0.29) is 11.9 Å². The molecule has 0 aliphatic heterocycles. The van der Waals surface area contributed by atoms with Gasteiger partial charge in [0.25, 0.3) is 5.91 Å². The van der Waals surface area contributed by atoms with Gasteiger partial charge in [-0.25, -0.2) is 0 Å². The number of hydrogen-bond donors (Lipinski definition) is 2. The molecule has 1 rings (SSSR count). The van der Waals surface area contributed by atoms with Crippen molar-refractivity contribution in [2.45, 2.75) is 46.3 Å². The number of amides is 1. The van der Waals surface area contributed by atoms with E-state index in [9.17, 15) is 9.90 Å². The molecule has 1 aromatic heterocycles. The minimum absolute atomic E-state index is 0.0240. The van der Waals surface area contributed by atoms with Crippen LogP contribution in [0.1, 0.15) is 54.8 Å². The number of carbonyl (C=O) groups excluding carboxylic acids is 1. The second-order valence-corrected chi connectivity index (χ2v) is 6.53. The van der Waals surface area contributed by atoms with Crippen molar-refractivity contribution >= 4 is 17.2 Å². The summed E-state index contributed by atoms with van der Waals surface area (Å²) < 4.78 is 0. The van der Waals surface area contributed by atoms with Gasteiger partial charge in [-0.2, -0.15) is 0 Å². The van der Waals surface area contributed by atoms with Crippen LogP contribution in [0, 0.1) is 5.92 Å². The standard InChI is InChI=1S/C15H26N2O2S/c1-5-17(6-2)15(19)13-8-7-12(20-13)14(18)11(16)9-10(3)4/h7-8,10-11,14,18H,5-6,9,16H2,1-4H3. The number of nitrogens with two attached hydrogens (primary N) is 1. The normalized spacial score (nSPS) is 14.3. The molecule has 5 heteroatoms. The van der Waals surface area contributed by atoms with E-state index in [4.69, 9.17) is 5.73 Å². The van der Waals surface area contributed by atoms with E-state index >= 15 is 0 Å². The summed E-state index contributed by atoms with van der Waals surface area (Å²) in [4.78, 5) is 15.4. The maximum atomic E-state index is 12.2. The van der Waals surface area contributed by atoms with Gasteiger partial charge in [0.2, 0.25) is 0 Å². The van der Waals surface area contributed by atoms with Crippen LogP contribution in [-0.2, 0) is 0 Å². The van der Waals surface area contributed by atoms with Crippen molar-refractivity contribution < 1.29 is 9.90 Å². The molecule has 0 bridgehead atoms. The lowest BCUT2D eigenvalue weighted by atomic mass is 9.99. The second-order valence-electron chi connectivity index (χ2n) is 5.42. The van der Waals surface area contributed by atoms with E-state index < -0.39 is 6.10 Å². The van der Waals surface area contributed by atoms with Crippen molar-refractivity contribution in [2.24, 2.45) is 11.7 Å². The average molecular weight is 298 g/mol. The van der Waals surface area contributed by atoms with Crippen molar-refractivity contribution in [1.82, 2.24) is 4.90 Å². The Morgan fingerprint density at radius 3 is 2.45 bits per heavy atom. The number of thiophene rings is 1. The summed E-state index contributed by atoms with van der Waals surface area (Å²) in [6.07, 6.45) is 0.0685. The van der Waals surface area contributed by atoms with Crippen molar-refractivity contribution in [2.75, 3.05) is 13.1 Å². The second kappa shape index (κ2) is 7.76. The summed E-state index contributed by atoms with van der Waals surface area (Å²) in [6, 6.07) is 3.31. The predicted molar refractivity (Wildman–Crippen MR) is 84.0 cm³/mol. The molecule has 2 unspecified atom stereocenters. The lowest BCUT2D eigenvalue weighted by Crippen LogP contribution is -2.30. The Hall–Kier alpha value is -0.910. The minimum Gasteiger partial charge on any atom is -0.386 e. The van der Waals surface area contributed by atoms with Gasteiger partial charge in [-0.05, 0) is 38.3 Å². The van der Waals surface area contributed by atoms with Crippen LogP contribution in [0.15, 0.2) is 12.1 Å². The Balaban J connectivity index is 2.78. The number of aliphatic hydroxyl groups excluding tert-OH is 1. The van der Waals surface area contributed by atoms with Gasteiger partial charge in [0.15, 0.2) is 0 Å². The summed E-state index contributed by atoms with van der Waals surface area (Å²) in [5.41, 5.74) is 6.01. The van der Waals surface area contributed by atoms with Gasteiger partial charge in [0.1, 0.15) is 6.10 Å². The summed E-state index contributed by atoms with van der Waals surface area (Å²) in [7, 11) is 0. The highest BCUT2D eigenvalue weighted by Crippen LogP contribution is 2.27. The Labute approximate surface area is 125 Å². The largest absolute Gasteiger partial charge is 0.386 e. The molecule has 1 heterocycles. The molecule has 0 saturated carbocycles. The van der Waals surface area contributed by atoms with Crippen LogP contribution in [0.2, 0.25) is 0 Å². The molecule has 0 fully saturated rings. The Kier molecular flexibility index (Phi) is 6.65. The van der Waals surface area contributed by atoms with Gasteiger partial charge in [0, 0.05) is 24.0 Å². The first-order valence-electron chi connectivity index (χ1n) is 7.23. The molecule has 114 valence electrons. The van der Waals surface area contributed by atoms with E-state index in [2.05, 4.69) is 13.8 Å². The zero-order valence-corrected chi connectivity index (χ0v) is 13.6. The molecular weight excluding hydrogens is 272 g/mol. The summed E-state index contributed by atoms with van der Waals surface area (Å²) >= 11 is 1.34. The Morgan fingerprint density at radius 1 is 1.35 bits per heavy atom. The fraction of sp³-hybridized carbons (Fsp3) is 0.667. The Bertz CT molecular complexity index is 427. The number of hydrogen-bond acceptors (Lipinski definition) is 4. The molecule has 1 amide bonds. The van der Waals surface area contributed by atoms with Gasteiger partial charge in [0.05, 0.1) is 4.88 Å². The highest BCUT2D eigenvalue weighted by atomic mass is 32.1. The zero-order valence-electron chi connectivity index (χ0n) is 12.8. The Morgan fingerprint density at radius 2 is 1.95 bits per heavy atom. The zero-order chi connectivity index (χ0) is 15.3. The monoisotopic (exact) mass is 298 g/mol. The fourth-order valence-corrected chi connectivity index (χ4v) is 3.22. The first kappa shape index (κ1) is 17.1. The lowest BCUT2D eigenvalue weighted by Gasteiger charge is -2.19. The number of nitrogens with zero attached hydrogens (tertiary/aromatic N) is 1. The smallest absolute Gasteiger partial charge is 0.263 e. The summed E-state index contributed by atoms with van der Waals surface area (Å²) in [5, 5.41) is 10.2.